The van der Waals surface area contributed by atoms with Gasteiger partial charge in [-0.2, -0.15) is 0 Å². The SMILES string of the molecule is CC(=O)c1ccc(-c2cc(C)c(C)cc2C)cc1Cl. The van der Waals surface area contributed by atoms with Crippen LogP contribution >= 0.6 is 11.6 Å². The maximum absolute atomic E-state index is 11.4. The van der Waals surface area contributed by atoms with Crippen LogP contribution in [0, 0.1) is 20.8 Å². The smallest absolute Gasteiger partial charge is 0.161 e. The van der Waals surface area contributed by atoms with Crippen LogP contribution < -0.4 is 0 Å². The number of benzene rings is 2. The molecule has 2 rings (SSSR count). The predicted molar refractivity (Wildman–Crippen MR) is 81.1 cm³/mol. The number of rotatable bonds is 2. The van der Waals surface area contributed by atoms with Crippen LogP contribution in [0.5, 0.6) is 0 Å². The van der Waals surface area contributed by atoms with Crippen LogP contribution in [0.15, 0.2) is 30.3 Å². The molecule has 2 aromatic carbocycles. The van der Waals surface area contributed by atoms with Crippen molar-refractivity contribution in [3.05, 3.63) is 57.6 Å². The van der Waals surface area contributed by atoms with E-state index < -0.39 is 0 Å². The molecule has 1 nitrogen and oxygen atoms in total. The molecular weight excluding hydrogens is 256 g/mol. The molecule has 0 heterocycles. The molecule has 0 fully saturated rings. The number of halogens is 1. The van der Waals surface area contributed by atoms with Crippen molar-refractivity contribution in [2.24, 2.45) is 0 Å². The molecule has 0 aliphatic carbocycles. The van der Waals surface area contributed by atoms with Gasteiger partial charge in [0.05, 0.1) is 5.02 Å². The summed E-state index contributed by atoms with van der Waals surface area (Å²) in [5.41, 5.74) is 6.55. The minimum atomic E-state index is -0.00615. The first-order valence-electron chi connectivity index (χ1n) is 6.29. The van der Waals surface area contributed by atoms with Gasteiger partial charge in [-0.25, -0.2) is 0 Å². The van der Waals surface area contributed by atoms with Crippen LogP contribution in [0.4, 0.5) is 0 Å². The molecule has 0 spiro atoms. The summed E-state index contributed by atoms with van der Waals surface area (Å²) >= 11 is 6.18. The summed E-state index contributed by atoms with van der Waals surface area (Å²) < 4.78 is 0. The van der Waals surface area contributed by atoms with Gasteiger partial charge in [-0.1, -0.05) is 29.8 Å². The third-order valence-electron chi connectivity index (χ3n) is 3.50. The Balaban J connectivity index is 2.57. The van der Waals surface area contributed by atoms with E-state index in [1.54, 1.807) is 6.07 Å². The lowest BCUT2D eigenvalue weighted by Gasteiger charge is -2.11. The van der Waals surface area contributed by atoms with E-state index in [0.717, 1.165) is 5.56 Å². The molecule has 2 aromatic rings. The third kappa shape index (κ3) is 2.71. The maximum atomic E-state index is 11.4. The number of ketones is 1. The van der Waals surface area contributed by atoms with Gasteiger partial charge in [0.1, 0.15) is 0 Å². The summed E-state index contributed by atoms with van der Waals surface area (Å²) in [6.07, 6.45) is 0. The van der Waals surface area contributed by atoms with E-state index in [1.165, 1.54) is 29.2 Å². The van der Waals surface area contributed by atoms with Crippen molar-refractivity contribution in [2.75, 3.05) is 0 Å². The van der Waals surface area contributed by atoms with E-state index in [2.05, 4.69) is 32.9 Å². The van der Waals surface area contributed by atoms with E-state index in [4.69, 9.17) is 11.6 Å². The highest BCUT2D eigenvalue weighted by Crippen LogP contribution is 2.30. The average molecular weight is 273 g/mol. The second kappa shape index (κ2) is 5.18. The van der Waals surface area contributed by atoms with Gasteiger partial charge in [-0.05, 0) is 67.6 Å². The lowest BCUT2D eigenvalue weighted by atomic mass is 9.94. The van der Waals surface area contributed by atoms with Crippen molar-refractivity contribution in [1.29, 1.82) is 0 Å². The van der Waals surface area contributed by atoms with E-state index in [1.807, 2.05) is 12.1 Å². The molecule has 0 aliphatic heterocycles. The zero-order valence-corrected chi connectivity index (χ0v) is 12.4. The number of aryl methyl sites for hydroxylation is 3. The number of Topliss-reactive ketones (excluding diaryl/α,β-unsaturated/α-hetero) is 1. The van der Waals surface area contributed by atoms with Gasteiger partial charge in [0.15, 0.2) is 5.78 Å². The first-order valence-corrected chi connectivity index (χ1v) is 6.66. The number of carbonyl (C=O) groups is 1. The summed E-state index contributed by atoms with van der Waals surface area (Å²) in [5.74, 6) is -0.00615. The fourth-order valence-electron chi connectivity index (χ4n) is 2.24. The van der Waals surface area contributed by atoms with Crippen molar-refractivity contribution in [3.8, 4) is 11.1 Å². The number of carbonyl (C=O) groups excluding carboxylic acids is 1. The van der Waals surface area contributed by atoms with Gasteiger partial charge >= 0.3 is 0 Å². The largest absolute Gasteiger partial charge is 0.294 e. The van der Waals surface area contributed by atoms with E-state index >= 15 is 0 Å². The summed E-state index contributed by atoms with van der Waals surface area (Å²) in [6.45, 7) is 7.83. The molecule has 0 N–H and O–H groups in total. The molecular formula is C17H17ClO. The molecule has 0 bridgehead atoms. The zero-order valence-electron chi connectivity index (χ0n) is 11.7. The lowest BCUT2D eigenvalue weighted by molar-refractivity contribution is 0.101. The van der Waals surface area contributed by atoms with Crippen molar-refractivity contribution >= 4 is 17.4 Å². The van der Waals surface area contributed by atoms with Gasteiger partial charge < -0.3 is 0 Å². The number of hydrogen-bond donors (Lipinski definition) is 0. The summed E-state index contributed by atoms with van der Waals surface area (Å²) in [6, 6.07) is 9.98. The molecule has 98 valence electrons. The standard InChI is InChI=1S/C17H17ClO/c1-10-7-12(3)16(8-11(10)2)14-5-6-15(13(4)19)17(18)9-14/h5-9H,1-4H3. The monoisotopic (exact) mass is 272 g/mol. The molecule has 0 radical (unpaired) electrons. The minimum absolute atomic E-state index is 0.00615. The molecule has 0 saturated heterocycles. The molecule has 0 saturated carbocycles. The fourth-order valence-corrected chi connectivity index (χ4v) is 2.55. The first kappa shape index (κ1) is 13.8. The second-order valence-corrected chi connectivity index (χ2v) is 5.41. The molecule has 2 heteroatoms. The van der Waals surface area contributed by atoms with Crippen molar-refractivity contribution in [2.45, 2.75) is 27.7 Å². The first-order chi connectivity index (χ1) is 8.90. The average Bonchev–Trinajstić information content (AvgIpc) is 2.33. The van der Waals surface area contributed by atoms with Crippen LogP contribution in [0.2, 0.25) is 5.02 Å². The summed E-state index contributed by atoms with van der Waals surface area (Å²) in [5, 5.41) is 0.516. The number of hydrogen-bond acceptors (Lipinski definition) is 1. The zero-order chi connectivity index (χ0) is 14.2. The molecule has 0 atom stereocenters. The Morgan fingerprint density at radius 3 is 2.16 bits per heavy atom. The van der Waals surface area contributed by atoms with Gasteiger partial charge in [-0.15, -0.1) is 0 Å². The highest BCUT2D eigenvalue weighted by molar-refractivity contribution is 6.34. The van der Waals surface area contributed by atoms with E-state index in [-0.39, 0.29) is 5.78 Å². The van der Waals surface area contributed by atoms with Gasteiger partial charge in [-0.3, -0.25) is 4.79 Å². The van der Waals surface area contributed by atoms with Gasteiger partial charge in [0.2, 0.25) is 0 Å². The lowest BCUT2D eigenvalue weighted by Crippen LogP contribution is -1.94. The highest BCUT2D eigenvalue weighted by atomic mass is 35.5. The summed E-state index contributed by atoms with van der Waals surface area (Å²) in [4.78, 5) is 11.4. The third-order valence-corrected chi connectivity index (χ3v) is 3.81. The van der Waals surface area contributed by atoms with E-state index in [0.29, 0.717) is 10.6 Å². The quantitative estimate of drug-likeness (QED) is 0.692. The molecule has 0 aromatic heterocycles. The van der Waals surface area contributed by atoms with Gasteiger partial charge in [0.25, 0.3) is 0 Å². The Morgan fingerprint density at radius 1 is 0.947 bits per heavy atom. The Bertz CT molecular complexity index is 657. The highest BCUT2D eigenvalue weighted by Gasteiger charge is 2.09. The topological polar surface area (TPSA) is 17.1 Å². The predicted octanol–water partition coefficient (Wildman–Crippen LogP) is 5.13. The Morgan fingerprint density at radius 2 is 1.58 bits per heavy atom. The van der Waals surface area contributed by atoms with Crippen molar-refractivity contribution in [1.82, 2.24) is 0 Å². The van der Waals surface area contributed by atoms with Crippen LogP contribution in [0.3, 0.4) is 0 Å². The van der Waals surface area contributed by atoms with Crippen LogP contribution in [-0.4, -0.2) is 5.78 Å². The van der Waals surface area contributed by atoms with E-state index in [9.17, 15) is 4.79 Å². The Kier molecular flexibility index (Phi) is 3.77. The fraction of sp³-hybridized carbons (Fsp3) is 0.235. The Labute approximate surface area is 119 Å². The summed E-state index contributed by atoms with van der Waals surface area (Å²) in [7, 11) is 0. The maximum Gasteiger partial charge on any atom is 0.161 e. The van der Waals surface area contributed by atoms with Gasteiger partial charge in [0, 0.05) is 5.56 Å². The van der Waals surface area contributed by atoms with Crippen LogP contribution in [-0.2, 0) is 0 Å². The molecule has 0 unspecified atom stereocenters. The second-order valence-electron chi connectivity index (χ2n) is 5.00. The minimum Gasteiger partial charge on any atom is -0.294 e. The van der Waals surface area contributed by atoms with Crippen LogP contribution in [0.25, 0.3) is 11.1 Å². The normalized spacial score (nSPS) is 10.6. The molecule has 0 amide bonds. The van der Waals surface area contributed by atoms with Crippen molar-refractivity contribution < 1.29 is 4.79 Å². The molecule has 19 heavy (non-hydrogen) atoms. The Hall–Kier alpha value is -1.60. The van der Waals surface area contributed by atoms with Crippen LogP contribution in [0.1, 0.15) is 34.0 Å². The van der Waals surface area contributed by atoms with Crippen molar-refractivity contribution in [3.63, 3.8) is 0 Å². The molecule has 0 aliphatic rings.